The molecule has 0 unspecified atom stereocenters. The molecule has 0 saturated carbocycles. The van der Waals surface area contributed by atoms with Gasteiger partial charge in [-0.05, 0) is 36.5 Å². The van der Waals surface area contributed by atoms with E-state index in [2.05, 4.69) is 61.3 Å². The number of benzene rings is 1. The van der Waals surface area contributed by atoms with Gasteiger partial charge in [0.1, 0.15) is 5.71 Å². The third-order valence-electron chi connectivity index (χ3n) is 5.14. The summed E-state index contributed by atoms with van der Waals surface area (Å²) in [6.07, 6.45) is 1.53. The average molecular weight is 343 g/mol. The maximum Gasteiger partial charge on any atom is 0.269 e. The van der Waals surface area contributed by atoms with Crippen LogP contribution in [0, 0.1) is 19.8 Å². The Hall–Kier alpha value is -1.88. The van der Waals surface area contributed by atoms with Gasteiger partial charge in [0.05, 0.1) is 0 Å². The van der Waals surface area contributed by atoms with Crippen molar-refractivity contribution in [2.24, 2.45) is 11.1 Å². The van der Waals surface area contributed by atoms with E-state index in [1.807, 2.05) is 0 Å². The molecule has 136 valence electrons. The number of amides is 1. The van der Waals surface area contributed by atoms with Gasteiger partial charge in [-0.2, -0.15) is 0 Å². The molecule has 1 aromatic carbocycles. The highest BCUT2D eigenvalue weighted by Gasteiger charge is 2.46. The first kappa shape index (κ1) is 17.9. The first-order valence-corrected chi connectivity index (χ1v) is 9.19. The van der Waals surface area contributed by atoms with Gasteiger partial charge >= 0.3 is 0 Å². The van der Waals surface area contributed by atoms with Crippen molar-refractivity contribution in [1.82, 2.24) is 10.2 Å². The molecule has 3 rings (SSSR count). The molecular weight excluding hydrogens is 314 g/mol. The van der Waals surface area contributed by atoms with E-state index in [0.29, 0.717) is 24.6 Å². The first-order chi connectivity index (χ1) is 11.9. The van der Waals surface area contributed by atoms with Crippen molar-refractivity contribution in [3.63, 3.8) is 0 Å². The van der Waals surface area contributed by atoms with Crippen LogP contribution in [0.4, 0.5) is 0 Å². The van der Waals surface area contributed by atoms with Crippen molar-refractivity contribution >= 4 is 11.6 Å². The van der Waals surface area contributed by atoms with Gasteiger partial charge < -0.3 is 10.2 Å². The second kappa shape index (κ2) is 7.16. The lowest BCUT2D eigenvalue weighted by Crippen LogP contribution is -2.37. The van der Waals surface area contributed by atoms with Crippen LogP contribution in [0.2, 0.25) is 0 Å². The second-order valence-corrected chi connectivity index (χ2v) is 7.97. The predicted molar refractivity (Wildman–Crippen MR) is 99.5 cm³/mol. The maximum atomic E-state index is 12.2. The first-order valence-electron chi connectivity index (χ1n) is 9.19. The molecule has 5 heteroatoms. The summed E-state index contributed by atoms with van der Waals surface area (Å²) in [7, 11) is 0. The van der Waals surface area contributed by atoms with Gasteiger partial charge in [-0.25, -0.2) is 0 Å². The summed E-state index contributed by atoms with van der Waals surface area (Å²) in [6.45, 7) is 11.8. The van der Waals surface area contributed by atoms with E-state index in [1.165, 1.54) is 16.7 Å². The van der Waals surface area contributed by atoms with Crippen molar-refractivity contribution in [3.8, 4) is 0 Å². The normalized spacial score (nSPS) is 23.2. The number of hydrogen-bond acceptors (Lipinski definition) is 4. The number of aryl methyl sites for hydroxylation is 2. The molecule has 2 aliphatic heterocycles. The maximum absolute atomic E-state index is 12.2. The fourth-order valence-corrected chi connectivity index (χ4v) is 3.48. The topological polar surface area (TPSA) is 53.9 Å². The van der Waals surface area contributed by atoms with E-state index in [-0.39, 0.29) is 11.5 Å². The molecule has 0 radical (unpaired) electrons. The lowest BCUT2D eigenvalue weighted by atomic mass is 9.96. The van der Waals surface area contributed by atoms with Crippen LogP contribution < -0.4 is 5.32 Å². The zero-order chi connectivity index (χ0) is 18.0. The average Bonchev–Trinajstić information content (AvgIpc) is 3.16. The van der Waals surface area contributed by atoms with Crippen LogP contribution >= 0.6 is 0 Å². The van der Waals surface area contributed by atoms with Crippen LogP contribution in [-0.2, 0) is 16.2 Å². The third-order valence-corrected chi connectivity index (χ3v) is 5.14. The standard InChI is InChI=1S/C20H29N3O2/c1-14(2)11-21-19(24)18-10-20(25-22-18)7-8-23(13-20)12-17-6-5-15(3)16(4)9-17/h5-6,9,14H,7-8,10-13H2,1-4H3,(H,21,24)/t20-/m0/s1. The van der Waals surface area contributed by atoms with E-state index in [4.69, 9.17) is 4.84 Å². The number of hydrogen-bond donors (Lipinski definition) is 1. The Labute approximate surface area is 150 Å². The minimum atomic E-state index is -0.315. The Morgan fingerprint density at radius 2 is 2.16 bits per heavy atom. The van der Waals surface area contributed by atoms with E-state index in [9.17, 15) is 4.79 Å². The number of rotatable bonds is 5. The molecule has 1 fully saturated rings. The number of nitrogens with one attached hydrogen (secondary N) is 1. The monoisotopic (exact) mass is 343 g/mol. The molecule has 0 aliphatic carbocycles. The summed E-state index contributed by atoms with van der Waals surface area (Å²) in [6, 6.07) is 6.64. The van der Waals surface area contributed by atoms with E-state index >= 15 is 0 Å². The molecule has 1 spiro atoms. The highest BCUT2D eigenvalue weighted by molar-refractivity contribution is 6.39. The lowest BCUT2D eigenvalue weighted by Gasteiger charge is -2.22. The van der Waals surface area contributed by atoms with Crippen molar-refractivity contribution in [3.05, 3.63) is 34.9 Å². The summed E-state index contributed by atoms with van der Waals surface area (Å²) < 4.78 is 0. The van der Waals surface area contributed by atoms with Gasteiger partial charge in [0, 0.05) is 39.0 Å². The van der Waals surface area contributed by atoms with Gasteiger partial charge in [0.25, 0.3) is 5.91 Å². The van der Waals surface area contributed by atoms with Crippen LogP contribution in [0.5, 0.6) is 0 Å². The number of likely N-dealkylation sites (tertiary alicyclic amines) is 1. The summed E-state index contributed by atoms with van der Waals surface area (Å²) in [5.41, 5.74) is 4.20. The fourth-order valence-electron chi connectivity index (χ4n) is 3.48. The van der Waals surface area contributed by atoms with Crippen LogP contribution in [0.3, 0.4) is 0 Å². The Morgan fingerprint density at radius 1 is 1.36 bits per heavy atom. The lowest BCUT2D eigenvalue weighted by molar-refractivity contribution is -0.115. The number of carbonyl (C=O) groups excluding carboxylic acids is 1. The van der Waals surface area contributed by atoms with Crippen LogP contribution in [0.25, 0.3) is 0 Å². The molecule has 5 nitrogen and oxygen atoms in total. The largest absolute Gasteiger partial charge is 0.387 e. The highest BCUT2D eigenvalue weighted by Crippen LogP contribution is 2.34. The molecule has 1 aromatic rings. The smallest absolute Gasteiger partial charge is 0.269 e. The van der Waals surface area contributed by atoms with Gasteiger partial charge in [0.2, 0.25) is 0 Å². The number of nitrogens with zero attached hydrogens (tertiary/aromatic N) is 2. The van der Waals surface area contributed by atoms with E-state index < -0.39 is 0 Å². The number of carbonyl (C=O) groups is 1. The van der Waals surface area contributed by atoms with Gasteiger partial charge in [-0.15, -0.1) is 0 Å². The van der Waals surface area contributed by atoms with Crippen LogP contribution in [0.15, 0.2) is 23.4 Å². The molecule has 0 bridgehead atoms. The fraction of sp³-hybridized carbons (Fsp3) is 0.600. The minimum absolute atomic E-state index is 0.0850. The molecular formula is C20H29N3O2. The van der Waals surface area contributed by atoms with Crippen LogP contribution in [-0.4, -0.2) is 41.8 Å². The van der Waals surface area contributed by atoms with Crippen molar-refractivity contribution < 1.29 is 9.63 Å². The zero-order valence-corrected chi connectivity index (χ0v) is 15.8. The van der Waals surface area contributed by atoms with Gasteiger partial charge in [0.15, 0.2) is 5.60 Å². The molecule has 1 atom stereocenters. The predicted octanol–water partition coefficient (Wildman–Crippen LogP) is 2.80. The molecule has 2 aliphatic rings. The summed E-state index contributed by atoms with van der Waals surface area (Å²) in [5, 5.41) is 7.02. The van der Waals surface area contributed by atoms with Gasteiger partial charge in [-0.3, -0.25) is 9.69 Å². The Morgan fingerprint density at radius 3 is 2.88 bits per heavy atom. The van der Waals surface area contributed by atoms with Crippen molar-refractivity contribution in [2.75, 3.05) is 19.6 Å². The second-order valence-electron chi connectivity index (χ2n) is 7.97. The van der Waals surface area contributed by atoms with Crippen molar-refractivity contribution in [2.45, 2.75) is 52.7 Å². The summed E-state index contributed by atoms with van der Waals surface area (Å²) in [5.74, 6) is 0.346. The Balaban J connectivity index is 1.54. The minimum Gasteiger partial charge on any atom is -0.387 e. The molecule has 2 heterocycles. The molecule has 25 heavy (non-hydrogen) atoms. The van der Waals surface area contributed by atoms with E-state index in [1.54, 1.807) is 0 Å². The zero-order valence-electron chi connectivity index (χ0n) is 15.8. The highest BCUT2D eigenvalue weighted by atomic mass is 16.7. The third kappa shape index (κ3) is 4.21. The Bertz CT molecular complexity index is 684. The van der Waals surface area contributed by atoms with Gasteiger partial charge in [-0.1, -0.05) is 37.2 Å². The molecule has 1 N–H and O–H groups in total. The Kier molecular flexibility index (Phi) is 5.13. The quantitative estimate of drug-likeness (QED) is 0.894. The van der Waals surface area contributed by atoms with Crippen molar-refractivity contribution in [1.29, 1.82) is 0 Å². The number of oxime groups is 1. The van der Waals surface area contributed by atoms with E-state index in [0.717, 1.165) is 26.1 Å². The summed E-state index contributed by atoms with van der Waals surface area (Å²) >= 11 is 0. The molecule has 0 aromatic heterocycles. The molecule has 1 amide bonds. The molecule has 1 saturated heterocycles. The summed E-state index contributed by atoms with van der Waals surface area (Å²) in [4.78, 5) is 20.3. The SMILES string of the molecule is Cc1ccc(CN2CC[C@]3(CC(C(=O)NCC(C)C)=NO3)C2)cc1C. The van der Waals surface area contributed by atoms with Crippen LogP contribution in [0.1, 0.15) is 43.4 Å².